The van der Waals surface area contributed by atoms with E-state index in [2.05, 4.69) is 59.3 Å². The molecule has 2 aromatic carbocycles. The summed E-state index contributed by atoms with van der Waals surface area (Å²) in [5.41, 5.74) is 2.96. The summed E-state index contributed by atoms with van der Waals surface area (Å²) >= 11 is 6.43. The van der Waals surface area contributed by atoms with Crippen molar-refractivity contribution in [3.8, 4) is 5.75 Å². The molecule has 2 aromatic rings. The molecule has 0 aromatic heterocycles. The minimum atomic E-state index is -4.07. The molecule has 6 rings (SSSR count). The number of piperazine rings is 1. The number of benzene rings is 2. The quantitative estimate of drug-likeness (QED) is 0.288. The van der Waals surface area contributed by atoms with E-state index in [0.717, 1.165) is 89.2 Å². The molecular formula is C44H65ClN4O6S. The number of aryl methyl sites for hydroxylation is 1. The van der Waals surface area contributed by atoms with Gasteiger partial charge in [0, 0.05) is 82.3 Å². The summed E-state index contributed by atoms with van der Waals surface area (Å²) in [6.07, 6.45) is 10.2. The first-order chi connectivity index (χ1) is 26.7. The van der Waals surface area contributed by atoms with E-state index in [1.54, 1.807) is 13.2 Å². The lowest BCUT2D eigenvalue weighted by Gasteiger charge is -2.52. The first-order valence-electron chi connectivity index (χ1n) is 20.9. The van der Waals surface area contributed by atoms with Crippen LogP contribution in [0.15, 0.2) is 48.6 Å². The van der Waals surface area contributed by atoms with Crippen LogP contribution in [0.2, 0.25) is 5.02 Å². The number of methoxy groups -OCH3 is 1. The monoisotopic (exact) mass is 812 g/mol. The van der Waals surface area contributed by atoms with Gasteiger partial charge in [0.05, 0.1) is 10.9 Å². The van der Waals surface area contributed by atoms with Crippen LogP contribution < -0.4 is 14.4 Å². The lowest BCUT2D eigenvalue weighted by molar-refractivity contribution is -0.114. The number of nitrogens with one attached hydrogen (secondary N) is 1. The Balaban J connectivity index is 1.41. The van der Waals surface area contributed by atoms with Crippen molar-refractivity contribution in [3.05, 3.63) is 70.3 Å². The van der Waals surface area contributed by atoms with Gasteiger partial charge in [-0.05, 0) is 132 Å². The maximum Gasteiger partial charge on any atom is 0.264 e. The molecule has 2 fully saturated rings. The SMILES string of the molecule is CCO[C@]1(CN2CCN(C(C)(C)C)CC2)/C=C/C[C@H](C)[C@@H](CCOC)S(=O)(=O)NC(=O)c2ccc3c(c2)N(CCCCc2cc(Cl)ccc2CO3)C[C@@H]2CC[C@H]21. The van der Waals surface area contributed by atoms with E-state index in [9.17, 15) is 13.2 Å². The van der Waals surface area contributed by atoms with Gasteiger partial charge >= 0.3 is 0 Å². The number of carbonyl (C=O) groups is 1. The first kappa shape index (κ1) is 42.9. The van der Waals surface area contributed by atoms with Crippen molar-refractivity contribution in [2.24, 2.45) is 17.8 Å². The van der Waals surface area contributed by atoms with Crippen LogP contribution in [0.1, 0.15) is 94.6 Å². The maximum absolute atomic E-state index is 14.1. The summed E-state index contributed by atoms with van der Waals surface area (Å²) in [4.78, 5) is 21.4. The van der Waals surface area contributed by atoms with Gasteiger partial charge < -0.3 is 19.1 Å². The topological polar surface area (TPSA) is 101 Å². The molecule has 2 bridgehead atoms. The molecule has 5 atom stereocenters. The number of fused-ring (bicyclic) bond motifs is 3. The molecule has 1 saturated heterocycles. The van der Waals surface area contributed by atoms with Gasteiger partial charge in [0.2, 0.25) is 10.0 Å². The summed E-state index contributed by atoms with van der Waals surface area (Å²) in [6, 6.07) is 11.3. The Labute approximate surface area is 341 Å². The van der Waals surface area contributed by atoms with Crippen molar-refractivity contribution in [1.29, 1.82) is 0 Å². The summed E-state index contributed by atoms with van der Waals surface area (Å²) < 4.78 is 49.6. The highest BCUT2D eigenvalue weighted by atomic mass is 35.5. The third-order valence-corrected chi connectivity index (χ3v) is 14.9. The molecule has 1 saturated carbocycles. The van der Waals surface area contributed by atoms with E-state index in [0.29, 0.717) is 36.3 Å². The van der Waals surface area contributed by atoms with Crippen LogP contribution in [0.25, 0.3) is 0 Å². The fourth-order valence-electron chi connectivity index (χ4n) is 9.36. The van der Waals surface area contributed by atoms with Crippen molar-refractivity contribution in [3.63, 3.8) is 0 Å². The van der Waals surface area contributed by atoms with Crippen molar-refractivity contribution < 1.29 is 27.4 Å². The minimum absolute atomic E-state index is 0.124. The van der Waals surface area contributed by atoms with Crippen molar-refractivity contribution in [2.75, 3.05) is 71.0 Å². The molecule has 10 nitrogen and oxygen atoms in total. The lowest BCUT2D eigenvalue weighted by atomic mass is 9.63. The zero-order chi connectivity index (χ0) is 40.1. The number of allylic oxidation sites excluding steroid dienone is 1. The molecule has 3 heterocycles. The van der Waals surface area contributed by atoms with E-state index >= 15 is 0 Å². The van der Waals surface area contributed by atoms with Gasteiger partial charge in [-0.2, -0.15) is 0 Å². The van der Waals surface area contributed by atoms with Crippen molar-refractivity contribution in [1.82, 2.24) is 14.5 Å². The van der Waals surface area contributed by atoms with Crippen LogP contribution >= 0.6 is 11.6 Å². The molecule has 1 amide bonds. The predicted molar refractivity (Wildman–Crippen MR) is 225 cm³/mol. The van der Waals surface area contributed by atoms with Crippen molar-refractivity contribution in [2.45, 2.75) is 103 Å². The normalized spacial score (nSPS) is 28.8. The standard InChI is InChI=1S/C44H65ClN4O6S/c1-7-55-44(31-47-22-24-49(25-23-47)43(3,4)5)20-10-11-32(2)41(19-26-53-6)56(51,52)46-42(50)34-15-18-40-39(28-34)48(29-35-14-17-38(35)44)21-9-8-12-33-27-37(45)16-13-36(33)30-54-40/h10,13,15-16,18,20,27-28,32,35,38,41H,7-9,11-12,14,17,19,21-26,29-31H2,1-6H3,(H,46,50)/b20-10+/t32-,35-,38+,41+,44-/m0/s1. The lowest BCUT2D eigenvalue weighted by Crippen LogP contribution is -2.60. The number of anilines is 1. The Hall–Kier alpha value is -2.67. The summed E-state index contributed by atoms with van der Waals surface area (Å²) in [5, 5.41) is -0.117. The zero-order valence-electron chi connectivity index (χ0n) is 34.5. The molecule has 12 heteroatoms. The van der Waals surface area contributed by atoms with Gasteiger partial charge in [-0.3, -0.25) is 14.6 Å². The van der Waals surface area contributed by atoms with Crippen LogP contribution in [-0.4, -0.2) is 107 Å². The Morgan fingerprint density at radius 1 is 1.02 bits per heavy atom. The van der Waals surface area contributed by atoms with Gasteiger partial charge in [-0.1, -0.05) is 36.7 Å². The Morgan fingerprint density at radius 3 is 2.50 bits per heavy atom. The average Bonchev–Trinajstić information content (AvgIpc) is 3.16. The molecule has 0 spiro atoms. The summed E-state index contributed by atoms with van der Waals surface area (Å²) in [7, 11) is -2.50. The van der Waals surface area contributed by atoms with Gasteiger partial charge in [0.15, 0.2) is 0 Å². The van der Waals surface area contributed by atoms with E-state index in [1.165, 1.54) is 5.56 Å². The van der Waals surface area contributed by atoms with E-state index < -0.39 is 26.8 Å². The highest BCUT2D eigenvalue weighted by Gasteiger charge is 2.49. The summed E-state index contributed by atoms with van der Waals surface area (Å²) in [5.74, 6) is 0.358. The minimum Gasteiger partial charge on any atom is -0.487 e. The van der Waals surface area contributed by atoms with Crippen LogP contribution in [0.3, 0.4) is 0 Å². The predicted octanol–water partition coefficient (Wildman–Crippen LogP) is 7.34. The Morgan fingerprint density at radius 2 is 1.80 bits per heavy atom. The molecular weight excluding hydrogens is 748 g/mol. The van der Waals surface area contributed by atoms with Crippen LogP contribution in [-0.2, 0) is 32.5 Å². The first-order valence-corrected chi connectivity index (χ1v) is 22.8. The van der Waals surface area contributed by atoms with E-state index in [-0.39, 0.29) is 36.0 Å². The number of halogens is 1. The second-order valence-corrected chi connectivity index (χ2v) is 19.8. The largest absolute Gasteiger partial charge is 0.487 e. The second-order valence-electron chi connectivity index (χ2n) is 17.5. The highest BCUT2D eigenvalue weighted by Crippen LogP contribution is 2.47. The third-order valence-electron chi connectivity index (χ3n) is 12.7. The molecule has 310 valence electrons. The second kappa shape index (κ2) is 18.5. The van der Waals surface area contributed by atoms with E-state index in [4.69, 9.17) is 25.8 Å². The van der Waals surface area contributed by atoms with E-state index in [1.807, 2.05) is 37.3 Å². The molecule has 1 N–H and O–H groups in total. The Bertz CT molecular complexity index is 1790. The van der Waals surface area contributed by atoms with Crippen LogP contribution in [0.5, 0.6) is 5.75 Å². The fourth-order valence-corrected chi connectivity index (χ4v) is 11.2. The highest BCUT2D eigenvalue weighted by molar-refractivity contribution is 7.90. The molecule has 1 aliphatic carbocycles. The number of sulfonamides is 1. The number of nitrogens with zero attached hydrogens (tertiary/aromatic N) is 3. The smallest absolute Gasteiger partial charge is 0.264 e. The number of ether oxygens (including phenoxy) is 3. The van der Waals surface area contributed by atoms with Gasteiger partial charge in [0.25, 0.3) is 5.91 Å². The van der Waals surface area contributed by atoms with Gasteiger partial charge in [-0.25, -0.2) is 13.1 Å². The molecule has 4 aliphatic rings. The third kappa shape index (κ3) is 10.1. The number of hydrogen-bond acceptors (Lipinski definition) is 9. The molecule has 56 heavy (non-hydrogen) atoms. The van der Waals surface area contributed by atoms with Gasteiger partial charge in [0.1, 0.15) is 18.0 Å². The van der Waals surface area contributed by atoms with Crippen LogP contribution in [0, 0.1) is 17.8 Å². The number of carbonyl (C=O) groups excluding carboxylic acids is 1. The fraction of sp³-hybridized carbons (Fsp3) is 0.659. The van der Waals surface area contributed by atoms with Gasteiger partial charge in [-0.15, -0.1) is 0 Å². The van der Waals surface area contributed by atoms with Crippen molar-refractivity contribution >= 4 is 33.2 Å². The maximum atomic E-state index is 14.1. The summed E-state index contributed by atoms with van der Waals surface area (Å²) in [6.45, 7) is 18.4. The van der Waals surface area contributed by atoms with Crippen LogP contribution in [0.4, 0.5) is 5.69 Å². The average molecular weight is 814 g/mol. The number of rotatable bonds is 7. The molecule has 0 unspecified atom stereocenters. The zero-order valence-corrected chi connectivity index (χ0v) is 36.1. The number of amides is 1. The molecule has 3 aliphatic heterocycles. The Kier molecular flexibility index (Phi) is 14.2. The number of hydrogen-bond donors (Lipinski definition) is 1. The molecule has 0 radical (unpaired) electrons.